The van der Waals surface area contributed by atoms with E-state index in [0.717, 1.165) is 5.56 Å². The van der Waals surface area contributed by atoms with Crippen LogP contribution in [0.25, 0.3) is 0 Å². The Morgan fingerprint density at radius 3 is 2.95 bits per heavy atom. The summed E-state index contributed by atoms with van der Waals surface area (Å²) in [4.78, 5) is 23.9. The summed E-state index contributed by atoms with van der Waals surface area (Å²) in [5, 5.41) is 0. The molecule has 1 aromatic rings. The number of carbonyl (C=O) groups excluding carboxylic acids is 2. The zero-order valence-corrected chi connectivity index (χ0v) is 11.5. The third kappa shape index (κ3) is 1.75. The molecule has 1 fully saturated rings. The maximum Gasteiger partial charge on any atom is 0.310 e. The Kier molecular flexibility index (Phi) is 2.89. The van der Waals surface area contributed by atoms with Crippen molar-refractivity contribution >= 4 is 11.8 Å². The van der Waals surface area contributed by atoms with Crippen LogP contribution in [0.3, 0.4) is 0 Å². The number of benzene rings is 1. The van der Waals surface area contributed by atoms with Gasteiger partial charge in [-0.2, -0.15) is 0 Å². The topological polar surface area (TPSA) is 52.6 Å². The predicted octanol–water partition coefficient (Wildman–Crippen LogP) is 2.27. The van der Waals surface area contributed by atoms with E-state index in [1.165, 1.54) is 0 Å². The van der Waals surface area contributed by atoms with Crippen molar-refractivity contribution in [1.82, 2.24) is 0 Å². The van der Waals surface area contributed by atoms with Crippen molar-refractivity contribution < 1.29 is 19.1 Å². The molecule has 1 aromatic carbocycles. The molecule has 2 atom stereocenters. The van der Waals surface area contributed by atoms with Gasteiger partial charge < -0.3 is 9.47 Å². The minimum atomic E-state index is -0.359. The number of methoxy groups -OCH3 is 1. The van der Waals surface area contributed by atoms with Gasteiger partial charge in [0.25, 0.3) is 0 Å². The molecular weight excluding hydrogens is 256 g/mol. The minimum Gasteiger partial charge on any atom is -0.497 e. The SMILES string of the molecule is CCOC(=O)C1CC12C=CC(=O)c1cc(OC)ccc12. The van der Waals surface area contributed by atoms with Crippen molar-refractivity contribution in [3.63, 3.8) is 0 Å². The number of allylic oxidation sites excluding steroid dienone is 2. The van der Waals surface area contributed by atoms with E-state index in [1.807, 2.05) is 18.2 Å². The highest BCUT2D eigenvalue weighted by molar-refractivity contribution is 6.08. The monoisotopic (exact) mass is 272 g/mol. The molecule has 4 heteroatoms. The lowest BCUT2D eigenvalue weighted by Crippen LogP contribution is -2.21. The van der Waals surface area contributed by atoms with E-state index in [4.69, 9.17) is 9.47 Å². The Balaban J connectivity index is 2.00. The average Bonchev–Trinajstić information content (AvgIpc) is 3.19. The molecule has 0 saturated heterocycles. The summed E-state index contributed by atoms with van der Waals surface area (Å²) in [5.74, 6) is 0.238. The largest absolute Gasteiger partial charge is 0.497 e. The van der Waals surface area contributed by atoms with Crippen molar-refractivity contribution in [1.29, 1.82) is 0 Å². The fraction of sp³-hybridized carbons (Fsp3) is 0.375. The van der Waals surface area contributed by atoms with Gasteiger partial charge >= 0.3 is 5.97 Å². The standard InChI is InChI=1S/C16H16O4/c1-3-20-15(18)13-9-16(13)7-6-14(17)11-8-10(19-2)4-5-12(11)16/h4-8,13H,3,9H2,1-2H3. The highest BCUT2D eigenvalue weighted by Crippen LogP contribution is 2.58. The van der Waals surface area contributed by atoms with Gasteiger partial charge in [0.15, 0.2) is 5.78 Å². The molecule has 0 bridgehead atoms. The summed E-state index contributed by atoms with van der Waals surface area (Å²) in [5.41, 5.74) is 1.17. The first-order chi connectivity index (χ1) is 9.62. The van der Waals surface area contributed by atoms with Gasteiger partial charge in [0.05, 0.1) is 19.6 Å². The maximum atomic E-state index is 12.0. The maximum absolute atomic E-state index is 12.0. The van der Waals surface area contributed by atoms with E-state index in [-0.39, 0.29) is 23.1 Å². The molecule has 20 heavy (non-hydrogen) atoms. The van der Waals surface area contributed by atoms with Crippen molar-refractivity contribution in [3.8, 4) is 5.75 Å². The number of hydrogen-bond acceptors (Lipinski definition) is 4. The normalized spacial score (nSPS) is 26.3. The van der Waals surface area contributed by atoms with Gasteiger partial charge in [0, 0.05) is 11.0 Å². The van der Waals surface area contributed by atoms with Crippen LogP contribution in [0.4, 0.5) is 0 Å². The van der Waals surface area contributed by atoms with Crippen molar-refractivity contribution in [2.45, 2.75) is 18.8 Å². The number of hydrogen-bond donors (Lipinski definition) is 0. The number of fused-ring (bicyclic) bond motifs is 2. The summed E-state index contributed by atoms with van der Waals surface area (Å²) in [7, 11) is 1.57. The van der Waals surface area contributed by atoms with Gasteiger partial charge in [0.2, 0.25) is 0 Å². The van der Waals surface area contributed by atoms with Crippen LogP contribution in [0.15, 0.2) is 30.4 Å². The smallest absolute Gasteiger partial charge is 0.310 e. The Labute approximate surface area is 117 Å². The highest BCUT2D eigenvalue weighted by atomic mass is 16.5. The minimum absolute atomic E-state index is 0.0426. The van der Waals surface area contributed by atoms with Crippen LogP contribution in [0.1, 0.15) is 29.3 Å². The summed E-state index contributed by atoms with van der Waals surface area (Å²) < 4.78 is 10.3. The number of ether oxygens (including phenoxy) is 2. The summed E-state index contributed by atoms with van der Waals surface area (Å²) in [6, 6.07) is 5.45. The van der Waals surface area contributed by atoms with Crippen LogP contribution in [-0.2, 0) is 14.9 Å². The molecule has 1 saturated carbocycles. The molecule has 0 radical (unpaired) electrons. The van der Waals surface area contributed by atoms with Gasteiger partial charge in [-0.05, 0) is 37.1 Å². The summed E-state index contributed by atoms with van der Waals surface area (Å²) >= 11 is 0. The second kappa shape index (κ2) is 4.47. The Hall–Kier alpha value is -2.10. The van der Waals surface area contributed by atoms with E-state index in [9.17, 15) is 9.59 Å². The molecule has 4 nitrogen and oxygen atoms in total. The van der Waals surface area contributed by atoms with Crippen molar-refractivity contribution in [3.05, 3.63) is 41.5 Å². The van der Waals surface area contributed by atoms with E-state index in [1.54, 1.807) is 26.2 Å². The molecule has 3 rings (SSSR count). The van der Waals surface area contributed by atoms with Gasteiger partial charge in [0.1, 0.15) is 5.75 Å². The van der Waals surface area contributed by atoms with Crippen molar-refractivity contribution in [2.75, 3.05) is 13.7 Å². The van der Waals surface area contributed by atoms with Gasteiger partial charge in [-0.25, -0.2) is 0 Å². The zero-order valence-electron chi connectivity index (χ0n) is 11.5. The first kappa shape index (κ1) is 12.9. The predicted molar refractivity (Wildman–Crippen MR) is 72.9 cm³/mol. The van der Waals surface area contributed by atoms with E-state index in [2.05, 4.69) is 0 Å². The molecule has 0 N–H and O–H groups in total. The zero-order chi connectivity index (χ0) is 14.3. The fourth-order valence-electron chi connectivity index (χ4n) is 2.96. The van der Waals surface area contributed by atoms with Gasteiger partial charge in [-0.1, -0.05) is 12.1 Å². The van der Waals surface area contributed by atoms with Crippen LogP contribution in [0.5, 0.6) is 5.75 Å². The third-order valence-corrected chi connectivity index (χ3v) is 4.10. The van der Waals surface area contributed by atoms with Crippen LogP contribution in [-0.4, -0.2) is 25.5 Å². The Bertz CT molecular complexity index is 617. The first-order valence-corrected chi connectivity index (χ1v) is 6.71. The molecule has 0 aromatic heterocycles. The van der Waals surface area contributed by atoms with Crippen LogP contribution < -0.4 is 4.74 Å². The molecule has 2 aliphatic rings. The number of esters is 1. The van der Waals surface area contributed by atoms with E-state index < -0.39 is 0 Å². The quantitative estimate of drug-likeness (QED) is 0.792. The fourth-order valence-corrected chi connectivity index (χ4v) is 2.96. The second-order valence-corrected chi connectivity index (χ2v) is 5.16. The second-order valence-electron chi connectivity index (χ2n) is 5.16. The third-order valence-electron chi connectivity index (χ3n) is 4.10. The lowest BCUT2D eigenvalue weighted by Gasteiger charge is -2.21. The van der Waals surface area contributed by atoms with Gasteiger partial charge in [-0.15, -0.1) is 0 Å². The van der Waals surface area contributed by atoms with Gasteiger partial charge in [-0.3, -0.25) is 9.59 Å². The molecule has 0 heterocycles. The van der Waals surface area contributed by atoms with Crippen LogP contribution in [0.2, 0.25) is 0 Å². The first-order valence-electron chi connectivity index (χ1n) is 6.71. The number of ketones is 1. The summed E-state index contributed by atoms with van der Waals surface area (Å²) in [6.45, 7) is 2.18. The molecule has 0 amide bonds. The number of carbonyl (C=O) groups is 2. The Morgan fingerprint density at radius 2 is 2.25 bits per heavy atom. The highest BCUT2D eigenvalue weighted by Gasteiger charge is 2.60. The summed E-state index contributed by atoms with van der Waals surface area (Å²) in [6.07, 6.45) is 4.11. The molecule has 104 valence electrons. The molecule has 0 aliphatic heterocycles. The molecule has 2 aliphatic carbocycles. The van der Waals surface area contributed by atoms with Crippen LogP contribution >= 0.6 is 0 Å². The Morgan fingerprint density at radius 1 is 1.45 bits per heavy atom. The van der Waals surface area contributed by atoms with E-state index >= 15 is 0 Å². The molecule has 1 spiro atoms. The van der Waals surface area contributed by atoms with E-state index in [0.29, 0.717) is 24.3 Å². The molecular formula is C16H16O4. The van der Waals surface area contributed by atoms with Crippen LogP contribution in [0, 0.1) is 5.92 Å². The molecule has 2 unspecified atom stereocenters. The van der Waals surface area contributed by atoms with Crippen molar-refractivity contribution in [2.24, 2.45) is 5.92 Å². The lowest BCUT2D eigenvalue weighted by molar-refractivity contribution is -0.145. The number of rotatable bonds is 3. The average molecular weight is 272 g/mol. The lowest BCUT2D eigenvalue weighted by atomic mass is 9.83.